The highest BCUT2D eigenvalue weighted by Crippen LogP contribution is 2.54. The van der Waals surface area contributed by atoms with Crippen molar-refractivity contribution in [3.8, 4) is 5.75 Å². The van der Waals surface area contributed by atoms with Gasteiger partial charge in [-0.1, -0.05) is 0 Å². The van der Waals surface area contributed by atoms with Gasteiger partial charge in [-0.2, -0.15) is 39.5 Å². The van der Waals surface area contributed by atoms with Crippen LogP contribution in [0, 0.1) is 0 Å². The van der Waals surface area contributed by atoms with Crippen molar-refractivity contribution in [2.24, 2.45) is 0 Å². The third-order valence-electron chi connectivity index (χ3n) is 2.17. The van der Waals surface area contributed by atoms with Crippen molar-refractivity contribution >= 4 is 15.9 Å². The predicted molar refractivity (Wildman–Crippen MR) is 53.5 cm³/mol. The summed E-state index contributed by atoms with van der Waals surface area (Å²) in [4.78, 5) is 3.20. The van der Waals surface area contributed by atoms with Crippen molar-refractivity contribution in [2.75, 3.05) is 0 Å². The lowest BCUT2D eigenvalue weighted by atomic mass is 10.0. The van der Waals surface area contributed by atoms with E-state index in [4.69, 9.17) is 0 Å². The molecule has 0 saturated carbocycles. The van der Waals surface area contributed by atoms with E-state index in [0.717, 1.165) is 6.07 Å². The zero-order chi connectivity index (χ0) is 16.7. The van der Waals surface area contributed by atoms with Crippen LogP contribution < -0.4 is 4.74 Å². The van der Waals surface area contributed by atoms with E-state index in [-0.39, 0.29) is 4.60 Å². The van der Waals surface area contributed by atoms with Gasteiger partial charge in [-0.25, -0.2) is 4.98 Å². The quantitative estimate of drug-likeness (QED) is 0.540. The maximum Gasteiger partial charge on any atom is 0.447 e. The largest absolute Gasteiger partial charge is 0.460 e. The van der Waals surface area contributed by atoms with Crippen molar-refractivity contribution in [3.05, 3.63) is 22.9 Å². The third kappa shape index (κ3) is 3.19. The molecule has 1 rings (SSSR count). The van der Waals surface area contributed by atoms with E-state index in [9.17, 15) is 39.5 Å². The number of hydrogen-bond acceptors (Lipinski definition) is 2. The number of alkyl halides is 9. The molecule has 12 heteroatoms. The third-order valence-corrected chi connectivity index (χ3v) is 2.64. The van der Waals surface area contributed by atoms with Crippen LogP contribution in [0.1, 0.15) is 0 Å². The van der Waals surface area contributed by atoms with Crippen molar-refractivity contribution < 1.29 is 44.3 Å². The van der Waals surface area contributed by atoms with Gasteiger partial charge >= 0.3 is 24.1 Å². The second-order valence-corrected chi connectivity index (χ2v) is 4.41. The van der Waals surface area contributed by atoms with Gasteiger partial charge in [0.2, 0.25) is 0 Å². The molecule has 0 fully saturated rings. The van der Waals surface area contributed by atoms with Crippen molar-refractivity contribution in [2.45, 2.75) is 24.1 Å². The lowest BCUT2D eigenvalue weighted by Crippen LogP contribution is -2.69. The molecular formula is C9H3BrF9NO. The molecule has 0 unspecified atom stereocenters. The standard InChI is InChI=1S/C9H3BrF9NO/c10-5-2-1-4(3-20-5)21-6(7(11,12)13,8(14,15)16)9(17,18)19/h1-3H. The number of rotatable bonds is 2. The Morgan fingerprint density at radius 1 is 0.810 bits per heavy atom. The fourth-order valence-corrected chi connectivity index (χ4v) is 1.49. The zero-order valence-corrected chi connectivity index (χ0v) is 11.0. The van der Waals surface area contributed by atoms with Crippen LogP contribution in [0.25, 0.3) is 0 Å². The van der Waals surface area contributed by atoms with Crippen LogP contribution in [0.15, 0.2) is 22.9 Å². The Hall–Kier alpha value is -1.20. The lowest BCUT2D eigenvalue weighted by Gasteiger charge is -2.38. The Morgan fingerprint density at radius 2 is 1.24 bits per heavy atom. The van der Waals surface area contributed by atoms with Gasteiger partial charge in [0.1, 0.15) is 10.4 Å². The van der Waals surface area contributed by atoms with E-state index < -0.39 is 29.9 Å². The molecule has 1 aromatic rings. The number of aromatic nitrogens is 1. The number of hydrogen-bond donors (Lipinski definition) is 0. The van der Waals surface area contributed by atoms with Crippen LogP contribution in [0.5, 0.6) is 5.75 Å². The Morgan fingerprint density at radius 3 is 1.52 bits per heavy atom. The number of nitrogens with zero attached hydrogens (tertiary/aromatic N) is 1. The summed E-state index contributed by atoms with van der Waals surface area (Å²) in [6, 6.07) is 1.30. The topological polar surface area (TPSA) is 22.1 Å². The van der Waals surface area contributed by atoms with E-state index in [0.29, 0.717) is 12.3 Å². The fraction of sp³-hybridized carbons (Fsp3) is 0.444. The molecule has 0 spiro atoms. The minimum atomic E-state index is -6.78. The van der Waals surface area contributed by atoms with Gasteiger partial charge in [0, 0.05) is 0 Å². The monoisotopic (exact) mass is 391 g/mol. The molecule has 1 aromatic heterocycles. The SMILES string of the molecule is FC(F)(F)C(Oc1ccc(Br)nc1)(C(F)(F)F)C(F)(F)F. The van der Waals surface area contributed by atoms with E-state index in [2.05, 4.69) is 25.7 Å². The normalized spacial score (nSPS) is 14.2. The molecule has 21 heavy (non-hydrogen) atoms. The van der Waals surface area contributed by atoms with E-state index in [1.807, 2.05) is 0 Å². The molecule has 0 aliphatic rings. The van der Waals surface area contributed by atoms with Gasteiger partial charge in [0.05, 0.1) is 6.20 Å². The second-order valence-electron chi connectivity index (χ2n) is 3.59. The Bertz CT molecular complexity index is 454. The average Bonchev–Trinajstić information content (AvgIpc) is 2.22. The summed E-state index contributed by atoms with van der Waals surface area (Å²) in [5.41, 5.74) is -6.34. The molecule has 0 aromatic carbocycles. The molecule has 0 N–H and O–H groups in total. The van der Waals surface area contributed by atoms with Crippen LogP contribution in [-0.2, 0) is 0 Å². The van der Waals surface area contributed by atoms with Crippen molar-refractivity contribution in [1.29, 1.82) is 0 Å². The Balaban J connectivity index is 3.47. The van der Waals surface area contributed by atoms with Gasteiger partial charge in [-0.3, -0.25) is 0 Å². The van der Waals surface area contributed by atoms with Gasteiger partial charge in [-0.05, 0) is 28.1 Å². The van der Waals surface area contributed by atoms with Gasteiger partial charge in [0.15, 0.2) is 0 Å². The van der Waals surface area contributed by atoms with Crippen molar-refractivity contribution in [3.63, 3.8) is 0 Å². The maximum atomic E-state index is 12.5. The first kappa shape index (κ1) is 17.9. The minimum absolute atomic E-state index is 0.0218. The maximum absolute atomic E-state index is 12.5. The molecule has 0 atom stereocenters. The molecule has 0 radical (unpaired) electrons. The van der Waals surface area contributed by atoms with Gasteiger partial charge < -0.3 is 4.74 Å². The van der Waals surface area contributed by atoms with E-state index in [1.54, 1.807) is 0 Å². The summed E-state index contributed by atoms with van der Waals surface area (Å²) in [6.45, 7) is 0. The molecule has 0 saturated heterocycles. The van der Waals surface area contributed by atoms with E-state index in [1.165, 1.54) is 0 Å². The lowest BCUT2D eigenvalue weighted by molar-refractivity contribution is -0.436. The zero-order valence-electron chi connectivity index (χ0n) is 9.37. The molecule has 0 aliphatic carbocycles. The highest BCUT2D eigenvalue weighted by atomic mass is 79.9. The number of ether oxygens (including phenoxy) is 1. The first-order valence-corrected chi connectivity index (χ1v) is 5.52. The highest BCUT2D eigenvalue weighted by Gasteiger charge is 2.87. The molecule has 0 bridgehead atoms. The predicted octanol–water partition coefficient (Wildman–Crippen LogP) is 4.65. The van der Waals surface area contributed by atoms with Crippen LogP contribution in [-0.4, -0.2) is 29.1 Å². The first-order valence-electron chi connectivity index (χ1n) is 4.73. The van der Waals surface area contributed by atoms with Gasteiger partial charge in [0.25, 0.3) is 0 Å². The number of pyridine rings is 1. The Labute approximate surface area is 119 Å². The summed E-state index contributed by atoms with van der Waals surface area (Å²) in [5.74, 6) is -1.34. The summed E-state index contributed by atoms with van der Waals surface area (Å²) < 4.78 is 116. The van der Waals surface area contributed by atoms with Crippen LogP contribution in [0.4, 0.5) is 39.5 Å². The minimum Gasteiger partial charge on any atom is -0.460 e. The highest BCUT2D eigenvalue weighted by molar-refractivity contribution is 9.10. The Kier molecular flexibility index (Phi) is 4.43. The smallest absolute Gasteiger partial charge is 0.447 e. The van der Waals surface area contributed by atoms with Crippen LogP contribution >= 0.6 is 15.9 Å². The molecule has 2 nitrogen and oxygen atoms in total. The van der Waals surface area contributed by atoms with Crippen molar-refractivity contribution in [1.82, 2.24) is 4.98 Å². The summed E-state index contributed by atoms with van der Waals surface area (Å²) in [5, 5.41) is 0. The molecule has 0 aliphatic heterocycles. The summed E-state index contributed by atoms with van der Waals surface area (Å²) in [6.07, 6.45) is -20.0. The average molecular weight is 392 g/mol. The number of halogens is 10. The second kappa shape index (κ2) is 5.21. The van der Waals surface area contributed by atoms with Gasteiger partial charge in [-0.15, -0.1) is 0 Å². The van der Waals surface area contributed by atoms with Crippen LogP contribution in [0.3, 0.4) is 0 Å². The molecule has 120 valence electrons. The summed E-state index contributed by atoms with van der Waals surface area (Å²) in [7, 11) is 0. The summed E-state index contributed by atoms with van der Waals surface area (Å²) >= 11 is 2.71. The van der Waals surface area contributed by atoms with Crippen LogP contribution in [0.2, 0.25) is 0 Å². The van der Waals surface area contributed by atoms with E-state index >= 15 is 0 Å². The fourth-order valence-electron chi connectivity index (χ4n) is 1.26. The first-order chi connectivity index (χ1) is 9.22. The molecular weight excluding hydrogens is 389 g/mol. The molecule has 0 amide bonds. The molecule has 1 heterocycles.